The Kier molecular flexibility index (Phi) is 5.95. The van der Waals surface area contributed by atoms with Gasteiger partial charge in [-0.05, 0) is 79.3 Å². The second-order valence-electron chi connectivity index (χ2n) is 6.89. The van der Waals surface area contributed by atoms with Crippen LogP contribution in [0.25, 0.3) is 11.1 Å². The minimum Gasteiger partial charge on any atom is -0.501 e. The number of nitrogens with one attached hydrogen (secondary N) is 1. The van der Waals surface area contributed by atoms with E-state index in [1.807, 2.05) is 31.2 Å². The molecule has 1 aliphatic heterocycles. The summed E-state index contributed by atoms with van der Waals surface area (Å²) in [6, 6.07) is 10.1. The van der Waals surface area contributed by atoms with Crippen molar-refractivity contribution >= 4 is 0 Å². The number of hydrogen-bond acceptors (Lipinski definition) is 5. The minimum atomic E-state index is 0.0389. The third-order valence-corrected chi connectivity index (χ3v) is 4.97. The molecule has 0 unspecified atom stereocenters. The number of allylic oxidation sites excluding steroid dienone is 1. The van der Waals surface area contributed by atoms with Crippen LogP contribution in [0, 0.1) is 20.8 Å². The maximum atomic E-state index is 9.72. The van der Waals surface area contributed by atoms with Crippen molar-refractivity contribution in [2.75, 3.05) is 13.2 Å². The summed E-state index contributed by atoms with van der Waals surface area (Å²) >= 11 is 0. The van der Waals surface area contributed by atoms with Crippen LogP contribution in [0.15, 0.2) is 53.8 Å². The van der Waals surface area contributed by atoms with Gasteiger partial charge >= 0.3 is 0 Å². The normalized spacial score (nSPS) is 14.7. The SMILES string of the molecule is C/C=C1/OC(NCCOc2cc(C)c(-c3cccc(CO)c3C)c(C)c2)=C1O. The molecular weight excluding hydrogens is 354 g/mol. The van der Waals surface area contributed by atoms with Crippen molar-refractivity contribution in [3.63, 3.8) is 0 Å². The summed E-state index contributed by atoms with van der Waals surface area (Å²) in [5.74, 6) is 1.84. The molecule has 0 bridgehead atoms. The maximum absolute atomic E-state index is 9.72. The highest BCUT2D eigenvalue weighted by molar-refractivity contribution is 5.75. The Balaban J connectivity index is 1.68. The average molecular weight is 381 g/mol. The molecule has 0 saturated carbocycles. The van der Waals surface area contributed by atoms with Gasteiger partial charge in [0.05, 0.1) is 13.2 Å². The lowest BCUT2D eigenvalue weighted by molar-refractivity contribution is 0.154. The van der Waals surface area contributed by atoms with E-state index in [2.05, 4.69) is 25.2 Å². The zero-order valence-electron chi connectivity index (χ0n) is 16.8. The first-order valence-corrected chi connectivity index (χ1v) is 9.41. The van der Waals surface area contributed by atoms with Crippen molar-refractivity contribution in [2.24, 2.45) is 0 Å². The highest BCUT2D eigenvalue weighted by Crippen LogP contribution is 2.34. The number of aliphatic hydroxyl groups is 2. The summed E-state index contributed by atoms with van der Waals surface area (Å²) in [6.07, 6.45) is 1.71. The Hall–Kier alpha value is -2.92. The monoisotopic (exact) mass is 381 g/mol. The minimum absolute atomic E-state index is 0.0389. The van der Waals surface area contributed by atoms with Gasteiger partial charge in [0, 0.05) is 0 Å². The summed E-state index contributed by atoms with van der Waals surface area (Å²) < 4.78 is 11.2. The van der Waals surface area contributed by atoms with Crippen LogP contribution in [0.2, 0.25) is 0 Å². The van der Waals surface area contributed by atoms with Gasteiger partial charge in [-0.2, -0.15) is 0 Å². The first kappa shape index (κ1) is 19.8. The van der Waals surface area contributed by atoms with E-state index in [-0.39, 0.29) is 12.4 Å². The molecule has 0 aliphatic carbocycles. The maximum Gasteiger partial charge on any atom is 0.240 e. The number of aliphatic hydroxyl groups excluding tert-OH is 2. The fraction of sp³-hybridized carbons (Fsp3) is 0.304. The van der Waals surface area contributed by atoms with Crippen molar-refractivity contribution in [1.29, 1.82) is 0 Å². The third-order valence-electron chi connectivity index (χ3n) is 4.97. The molecule has 0 aromatic heterocycles. The van der Waals surface area contributed by atoms with Gasteiger partial charge in [0.1, 0.15) is 12.4 Å². The van der Waals surface area contributed by atoms with Gasteiger partial charge in [-0.3, -0.25) is 0 Å². The molecule has 0 amide bonds. The molecule has 1 aliphatic rings. The molecule has 0 saturated heterocycles. The number of ether oxygens (including phenoxy) is 2. The van der Waals surface area contributed by atoms with Crippen molar-refractivity contribution in [3.05, 3.63) is 76.1 Å². The fourth-order valence-electron chi connectivity index (χ4n) is 3.48. The topological polar surface area (TPSA) is 71.0 Å². The predicted molar refractivity (Wildman–Crippen MR) is 110 cm³/mol. The first-order valence-electron chi connectivity index (χ1n) is 9.41. The first-order chi connectivity index (χ1) is 13.5. The molecule has 5 heteroatoms. The average Bonchev–Trinajstić information content (AvgIpc) is 2.67. The standard InChI is InChI=1S/C23H27NO4/c1-5-20-22(26)23(28-20)24-9-10-27-18-11-14(2)21(15(3)12-18)19-8-6-7-17(13-25)16(19)4/h5-8,11-12,24-26H,9-10,13H2,1-4H3/b20-5+. The van der Waals surface area contributed by atoms with Gasteiger partial charge in [0.25, 0.3) is 0 Å². The van der Waals surface area contributed by atoms with Gasteiger partial charge in [-0.15, -0.1) is 0 Å². The fourth-order valence-corrected chi connectivity index (χ4v) is 3.48. The van der Waals surface area contributed by atoms with E-state index in [4.69, 9.17) is 9.47 Å². The lowest BCUT2D eigenvalue weighted by Crippen LogP contribution is -2.29. The molecule has 0 spiro atoms. The smallest absolute Gasteiger partial charge is 0.240 e. The summed E-state index contributed by atoms with van der Waals surface area (Å²) in [4.78, 5) is 0. The Bertz CT molecular complexity index is 921. The van der Waals surface area contributed by atoms with E-state index in [1.165, 1.54) is 5.56 Å². The third kappa shape index (κ3) is 3.85. The largest absolute Gasteiger partial charge is 0.501 e. The van der Waals surface area contributed by atoms with E-state index in [0.717, 1.165) is 33.6 Å². The molecule has 2 aromatic carbocycles. The van der Waals surface area contributed by atoms with Crippen molar-refractivity contribution < 1.29 is 19.7 Å². The molecule has 1 heterocycles. The van der Waals surface area contributed by atoms with Crippen LogP contribution in [-0.2, 0) is 11.3 Å². The van der Waals surface area contributed by atoms with Crippen molar-refractivity contribution in [1.82, 2.24) is 5.32 Å². The van der Waals surface area contributed by atoms with Crippen LogP contribution in [0.5, 0.6) is 5.75 Å². The molecule has 3 N–H and O–H groups in total. The van der Waals surface area contributed by atoms with E-state index in [1.54, 1.807) is 13.0 Å². The molecule has 0 fully saturated rings. The van der Waals surface area contributed by atoms with Gasteiger partial charge in [-0.1, -0.05) is 18.2 Å². The van der Waals surface area contributed by atoms with E-state index in [9.17, 15) is 10.2 Å². The molecule has 5 nitrogen and oxygen atoms in total. The number of hydrogen-bond donors (Lipinski definition) is 3. The van der Waals surface area contributed by atoms with Gasteiger partial charge in [0.2, 0.25) is 11.6 Å². The zero-order chi connectivity index (χ0) is 20.3. The van der Waals surface area contributed by atoms with Gasteiger partial charge in [0.15, 0.2) is 5.76 Å². The molecule has 3 rings (SSSR count). The summed E-state index contributed by atoms with van der Waals surface area (Å²) in [7, 11) is 0. The lowest BCUT2D eigenvalue weighted by atomic mass is 9.90. The summed E-state index contributed by atoms with van der Waals surface area (Å²) in [5.41, 5.74) is 6.61. The number of benzene rings is 2. The Morgan fingerprint density at radius 2 is 1.86 bits per heavy atom. The van der Waals surface area contributed by atoms with Crippen molar-refractivity contribution in [3.8, 4) is 16.9 Å². The Morgan fingerprint density at radius 3 is 2.46 bits per heavy atom. The van der Waals surface area contributed by atoms with E-state index in [0.29, 0.717) is 24.8 Å². The lowest BCUT2D eigenvalue weighted by Gasteiger charge is -2.23. The van der Waals surface area contributed by atoms with Crippen LogP contribution in [0.3, 0.4) is 0 Å². The van der Waals surface area contributed by atoms with Crippen LogP contribution < -0.4 is 10.1 Å². The molecule has 0 radical (unpaired) electrons. The second kappa shape index (κ2) is 8.40. The number of aryl methyl sites for hydroxylation is 2. The molecular formula is C23H27NO4. The Morgan fingerprint density at radius 1 is 1.14 bits per heavy atom. The van der Waals surface area contributed by atoms with Gasteiger partial charge in [-0.25, -0.2) is 0 Å². The summed E-state index contributed by atoms with van der Waals surface area (Å²) in [5, 5.41) is 22.3. The van der Waals surface area contributed by atoms with E-state index < -0.39 is 0 Å². The van der Waals surface area contributed by atoms with Gasteiger partial charge < -0.3 is 25.0 Å². The van der Waals surface area contributed by atoms with Crippen molar-refractivity contribution in [2.45, 2.75) is 34.3 Å². The quantitative estimate of drug-likeness (QED) is 0.620. The van der Waals surface area contributed by atoms with Crippen LogP contribution in [0.1, 0.15) is 29.2 Å². The molecule has 28 heavy (non-hydrogen) atoms. The molecule has 2 aromatic rings. The van der Waals surface area contributed by atoms with E-state index >= 15 is 0 Å². The van der Waals surface area contributed by atoms with Crippen LogP contribution >= 0.6 is 0 Å². The van der Waals surface area contributed by atoms with Crippen LogP contribution in [0.4, 0.5) is 0 Å². The predicted octanol–water partition coefficient (Wildman–Crippen LogP) is 4.40. The number of rotatable bonds is 7. The Labute approximate surface area is 165 Å². The molecule has 148 valence electrons. The highest BCUT2D eigenvalue weighted by atomic mass is 16.5. The molecule has 0 atom stereocenters. The zero-order valence-corrected chi connectivity index (χ0v) is 16.8. The van der Waals surface area contributed by atoms with Crippen LogP contribution in [-0.4, -0.2) is 23.4 Å². The summed E-state index contributed by atoms with van der Waals surface area (Å²) in [6.45, 7) is 9.00. The highest BCUT2D eigenvalue weighted by Gasteiger charge is 2.24. The second-order valence-corrected chi connectivity index (χ2v) is 6.89.